The molecule has 0 N–H and O–H groups in total. The van der Waals surface area contributed by atoms with Gasteiger partial charge in [0, 0.05) is 0 Å². The standard InChI is InChI=1S/C7H3BrF4N2O3/c8-3-1-5(14(15)16)13-4(2-9)6(3)17-7(10,11)12/h1H,2H2. The number of ether oxygens (including phenoxy) is 1. The van der Waals surface area contributed by atoms with E-state index in [1.165, 1.54) is 0 Å². The van der Waals surface area contributed by atoms with Crippen LogP contribution in [0.15, 0.2) is 10.5 Å². The van der Waals surface area contributed by atoms with Crippen molar-refractivity contribution in [3.05, 3.63) is 26.3 Å². The highest BCUT2D eigenvalue weighted by molar-refractivity contribution is 9.10. The first kappa shape index (κ1) is 13.6. The molecule has 1 rings (SSSR count). The predicted molar refractivity (Wildman–Crippen MR) is 50.1 cm³/mol. The van der Waals surface area contributed by atoms with Crippen LogP contribution in [0.3, 0.4) is 0 Å². The topological polar surface area (TPSA) is 65.3 Å². The Labute approximate surface area is 99.7 Å². The highest BCUT2D eigenvalue weighted by Crippen LogP contribution is 2.35. The first-order valence-electron chi connectivity index (χ1n) is 3.90. The molecule has 0 atom stereocenters. The van der Waals surface area contributed by atoms with Gasteiger partial charge in [-0.3, -0.25) is 0 Å². The molecule has 0 bridgehead atoms. The Balaban J connectivity index is 3.26. The molecule has 0 fully saturated rings. The summed E-state index contributed by atoms with van der Waals surface area (Å²) in [4.78, 5) is 12.5. The van der Waals surface area contributed by atoms with E-state index in [1.807, 2.05) is 0 Å². The summed E-state index contributed by atoms with van der Waals surface area (Å²) in [7, 11) is 0. The van der Waals surface area contributed by atoms with Crippen LogP contribution in [-0.2, 0) is 6.67 Å². The molecular formula is C7H3BrF4N2O3. The SMILES string of the molecule is O=[N+]([O-])c1cc(Br)c(OC(F)(F)F)c(CF)n1. The zero-order chi connectivity index (χ0) is 13.2. The van der Waals surface area contributed by atoms with Gasteiger partial charge in [-0.25, -0.2) is 4.39 Å². The highest BCUT2D eigenvalue weighted by Gasteiger charge is 2.35. The molecule has 0 unspecified atom stereocenters. The second-order valence-electron chi connectivity index (χ2n) is 2.68. The van der Waals surface area contributed by atoms with E-state index in [0.29, 0.717) is 6.07 Å². The number of hydrogen-bond donors (Lipinski definition) is 0. The molecule has 0 aromatic carbocycles. The maximum atomic E-state index is 12.4. The number of nitrogens with zero attached hydrogens (tertiary/aromatic N) is 2. The lowest BCUT2D eigenvalue weighted by Gasteiger charge is -2.10. The molecule has 0 aliphatic rings. The molecule has 17 heavy (non-hydrogen) atoms. The van der Waals surface area contributed by atoms with Gasteiger partial charge in [0.15, 0.2) is 12.4 Å². The van der Waals surface area contributed by atoms with Crippen LogP contribution in [0.4, 0.5) is 23.4 Å². The minimum absolute atomic E-state index is 0.399. The van der Waals surface area contributed by atoms with Gasteiger partial charge in [-0.15, -0.1) is 13.2 Å². The van der Waals surface area contributed by atoms with Gasteiger partial charge in [-0.2, -0.15) is 0 Å². The molecule has 94 valence electrons. The van der Waals surface area contributed by atoms with E-state index < -0.39 is 39.7 Å². The van der Waals surface area contributed by atoms with Crippen molar-refractivity contribution in [2.75, 3.05) is 0 Å². The molecule has 1 aromatic rings. The summed E-state index contributed by atoms with van der Waals surface area (Å²) < 4.78 is 51.5. The number of pyridine rings is 1. The van der Waals surface area contributed by atoms with Gasteiger partial charge in [0.25, 0.3) is 0 Å². The van der Waals surface area contributed by atoms with Crippen LogP contribution >= 0.6 is 15.9 Å². The van der Waals surface area contributed by atoms with E-state index in [2.05, 4.69) is 25.7 Å². The van der Waals surface area contributed by atoms with Crippen molar-refractivity contribution in [1.29, 1.82) is 0 Å². The maximum absolute atomic E-state index is 12.4. The summed E-state index contributed by atoms with van der Waals surface area (Å²) in [6.45, 7) is -1.42. The Kier molecular flexibility index (Phi) is 3.86. The van der Waals surface area contributed by atoms with Crippen molar-refractivity contribution in [3.8, 4) is 5.75 Å². The van der Waals surface area contributed by atoms with E-state index in [4.69, 9.17) is 0 Å². The molecule has 10 heteroatoms. The molecular weight excluding hydrogens is 316 g/mol. The summed E-state index contributed by atoms with van der Waals surface area (Å²) in [6.07, 6.45) is -5.04. The lowest BCUT2D eigenvalue weighted by atomic mass is 10.3. The smallest absolute Gasteiger partial charge is 0.400 e. The minimum atomic E-state index is -5.04. The van der Waals surface area contributed by atoms with E-state index in [-0.39, 0.29) is 0 Å². The molecule has 0 saturated carbocycles. The largest absolute Gasteiger partial charge is 0.573 e. The van der Waals surface area contributed by atoms with Crippen LogP contribution in [0, 0.1) is 10.1 Å². The number of halogens is 5. The maximum Gasteiger partial charge on any atom is 0.573 e. The second-order valence-corrected chi connectivity index (χ2v) is 3.53. The Bertz CT molecular complexity index is 451. The average molecular weight is 319 g/mol. The number of hydrogen-bond acceptors (Lipinski definition) is 4. The average Bonchev–Trinajstić information content (AvgIpc) is 2.18. The normalized spacial score (nSPS) is 11.4. The van der Waals surface area contributed by atoms with Crippen molar-refractivity contribution in [3.63, 3.8) is 0 Å². The van der Waals surface area contributed by atoms with Crippen molar-refractivity contribution in [1.82, 2.24) is 4.98 Å². The summed E-state index contributed by atoms with van der Waals surface area (Å²) in [6, 6.07) is 0.695. The number of nitro groups is 1. The highest BCUT2D eigenvalue weighted by atomic mass is 79.9. The van der Waals surface area contributed by atoms with Crippen LogP contribution in [0.1, 0.15) is 5.69 Å². The fourth-order valence-corrected chi connectivity index (χ4v) is 1.46. The molecule has 0 amide bonds. The second kappa shape index (κ2) is 4.82. The zero-order valence-corrected chi connectivity index (χ0v) is 9.38. The molecule has 1 aromatic heterocycles. The minimum Gasteiger partial charge on any atom is -0.400 e. The first-order valence-corrected chi connectivity index (χ1v) is 4.69. The van der Waals surface area contributed by atoms with Crippen LogP contribution in [-0.4, -0.2) is 16.3 Å². The lowest BCUT2D eigenvalue weighted by molar-refractivity contribution is -0.389. The molecule has 0 aliphatic carbocycles. The van der Waals surface area contributed by atoms with Gasteiger partial charge in [0.05, 0.1) is 10.5 Å². The van der Waals surface area contributed by atoms with Gasteiger partial charge < -0.3 is 14.9 Å². The van der Waals surface area contributed by atoms with Crippen molar-refractivity contribution >= 4 is 21.7 Å². The Morgan fingerprint density at radius 3 is 2.53 bits per heavy atom. The van der Waals surface area contributed by atoms with Gasteiger partial charge in [-0.1, -0.05) is 0 Å². The summed E-state index contributed by atoms with van der Waals surface area (Å²) >= 11 is 2.62. The van der Waals surface area contributed by atoms with Crippen LogP contribution in [0.5, 0.6) is 5.75 Å². The van der Waals surface area contributed by atoms with Crippen LogP contribution < -0.4 is 4.74 Å². The van der Waals surface area contributed by atoms with Crippen molar-refractivity contribution in [2.45, 2.75) is 13.0 Å². The van der Waals surface area contributed by atoms with Gasteiger partial charge in [0.1, 0.15) is 0 Å². The third-order valence-corrected chi connectivity index (χ3v) is 2.10. The third-order valence-electron chi connectivity index (χ3n) is 1.52. The van der Waals surface area contributed by atoms with Gasteiger partial charge >= 0.3 is 12.2 Å². The van der Waals surface area contributed by atoms with E-state index >= 15 is 0 Å². The molecule has 0 aliphatic heterocycles. The fourth-order valence-electron chi connectivity index (χ4n) is 0.946. The van der Waals surface area contributed by atoms with E-state index in [1.54, 1.807) is 0 Å². The van der Waals surface area contributed by atoms with E-state index in [0.717, 1.165) is 0 Å². The summed E-state index contributed by atoms with van der Waals surface area (Å²) in [5.41, 5.74) is -0.802. The number of rotatable bonds is 3. The monoisotopic (exact) mass is 318 g/mol. The summed E-state index contributed by atoms with van der Waals surface area (Å²) in [5, 5.41) is 10.4. The quantitative estimate of drug-likeness (QED) is 0.488. The molecule has 0 spiro atoms. The zero-order valence-electron chi connectivity index (χ0n) is 7.79. The van der Waals surface area contributed by atoms with Crippen LogP contribution in [0.25, 0.3) is 0 Å². The first-order chi connectivity index (χ1) is 7.74. The molecule has 5 nitrogen and oxygen atoms in total. The van der Waals surface area contributed by atoms with Crippen molar-refractivity contribution in [2.24, 2.45) is 0 Å². The van der Waals surface area contributed by atoms with E-state index in [9.17, 15) is 27.7 Å². The lowest BCUT2D eigenvalue weighted by Crippen LogP contribution is -2.19. The molecule has 0 saturated heterocycles. The van der Waals surface area contributed by atoms with Crippen LogP contribution in [0.2, 0.25) is 0 Å². The predicted octanol–water partition coefficient (Wildman–Crippen LogP) is 3.12. The molecule has 1 heterocycles. The number of aromatic nitrogens is 1. The number of alkyl halides is 4. The third kappa shape index (κ3) is 3.51. The Hall–Kier alpha value is -1.45. The van der Waals surface area contributed by atoms with Gasteiger partial charge in [-0.05, 0) is 25.8 Å². The fraction of sp³-hybridized carbons (Fsp3) is 0.286. The van der Waals surface area contributed by atoms with Crippen molar-refractivity contribution < 1.29 is 27.2 Å². The molecule has 0 radical (unpaired) electrons. The Morgan fingerprint density at radius 2 is 2.12 bits per heavy atom. The van der Waals surface area contributed by atoms with Gasteiger partial charge in [0.2, 0.25) is 5.69 Å². The summed E-state index contributed by atoms with van der Waals surface area (Å²) in [5.74, 6) is -1.70. The Morgan fingerprint density at radius 1 is 1.53 bits per heavy atom.